The van der Waals surface area contributed by atoms with E-state index in [2.05, 4.69) is 89.2 Å². The van der Waals surface area contributed by atoms with Crippen LogP contribution < -0.4 is 0 Å². The summed E-state index contributed by atoms with van der Waals surface area (Å²) in [5, 5.41) is 12.0. The van der Waals surface area contributed by atoms with Gasteiger partial charge in [0.1, 0.15) is 12.1 Å². The third-order valence-electron chi connectivity index (χ3n) is 8.27. The third kappa shape index (κ3) is 8.81. The van der Waals surface area contributed by atoms with E-state index in [0.717, 1.165) is 41.6 Å². The van der Waals surface area contributed by atoms with Crippen LogP contribution in [-0.2, 0) is 49.6 Å². The monoisotopic (exact) mass is 796 g/mol. The van der Waals surface area contributed by atoms with Crippen LogP contribution in [0.2, 0.25) is 0 Å². The van der Waals surface area contributed by atoms with Crippen molar-refractivity contribution in [1.29, 1.82) is 0 Å². The second kappa shape index (κ2) is 14.3. The van der Waals surface area contributed by atoms with Gasteiger partial charge in [-0.1, -0.05) is 124 Å². The van der Waals surface area contributed by atoms with Crippen LogP contribution in [0.1, 0.15) is 98.4 Å². The van der Waals surface area contributed by atoms with Gasteiger partial charge in [-0.15, -0.1) is 29.1 Å². The van der Waals surface area contributed by atoms with Crippen molar-refractivity contribution in [2.45, 2.75) is 101 Å². The second-order valence-electron chi connectivity index (χ2n) is 15.9. The molecule has 0 bridgehead atoms. The first-order valence-electron chi connectivity index (χ1n) is 16.2. The Bertz CT molecular complexity index is 1730. The van der Waals surface area contributed by atoms with Gasteiger partial charge in [0.15, 0.2) is 5.78 Å². The molecule has 1 aliphatic carbocycles. The number of allylic oxidation sites excluding steroid dienone is 2. The Labute approximate surface area is 290 Å². The van der Waals surface area contributed by atoms with Gasteiger partial charge in [-0.3, -0.25) is 9.78 Å². The van der Waals surface area contributed by atoms with Crippen LogP contribution >= 0.6 is 0 Å². The molecule has 5 rings (SSSR count). The number of hydrogen-bond donors (Lipinski definition) is 1. The summed E-state index contributed by atoms with van der Waals surface area (Å²) < 4.78 is 0. The van der Waals surface area contributed by atoms with Gasteiger partial charge in [-0.2, -0.15) is 0 Å². The number of aliphatic hydroxyl groups is 1. The zero-order valence-electron chi connectivity index (χ0n) is 29.6. The third-order valence-corrected chi connectivity index (χ3v) is 8.27. The topological polar surface area (TPSA) is 63.1 Å². The normalized spacial score (nSPS) is 13.3. The van der Waals surface area contributed by atoms with Crippen LogP contribution in [0.25, 0.3) is 33.3 Å². The molecule has 0 atom stereocenters. The van der Waals surface area contributed by atoms with Crippen LogP contribution in [0.3, 0.4) is 0 Å². The molecular weight excluding hydrogens is 745 g/mol. The number of carbonyl (C=O) groups is 1. The van der Waals surface area contributed by atoms with Crippen molar-refractivity contribution < 1.29 is 30.0 Å². The molecule has 0 amide bonds. The SMILES string of the molecule is CC(C)(C)C(=O)/C=C(\O)C(C)(C)C.CC(C)Cc1ccc2c(c1)CCc1c(-c3[c-]c4ccccc4c(C(C)(C)C)c3)ncnc1-2.[Ir]. The van der Waals surface area contributed by atoms with E-state index in [9.17, 15) is 9.90 Å². The van der Waals surface area contributed by atoms with Crippen molar-refractivity contribution >= 4 is 16.6 Å². The Morgan fingerprint density at radius 1 is 0.891 bits per heavy atom. The second-order valence-corrected chi connectivity index (χ2v) is 15.9. The van der Waals surface area contributed by atoms with Gasteiger partial charge in [0, 0.05) is 48.3 Å². The number of nitrogens with zero attached hydrogens (tertiary/aromatic N) is 2. The van der Waals surface area contributed by atoms with Crippen molar-refractivity contribution in [3.05, 3.63) is 95.0 Å². The molecular formula is C41H51IrN2O2-. The maximum atomic E-state index is 11.5. The molecule has 1 radical (unpaired) electrons. The van der Waals surface area contributed by atoms with Crippen molar-refractivity contribution in [2.75, 3.05) is 0 Å². The number of aromatic nitrogens is 2. The molecule has 4 nitrogen and oxygen atoms in total. The molecule has 0 fully saturated rings. The Balaban J connectivity index is 0.000000352. The number of fused-ring (bicyclic) bond motifs is 4. The molecule has 1 aliphatic rings. The van der Waals surface area contributed by atoms with Gasteiger partial charge in [0.25, 0.3) is 0 Å². The minimum atomic E-state index is -0.417. The molecule has 0 unspecified atom stereocenters. The van der Waals surface area contributed by atoms with Gasteiger partial charge in [0.05, 0.1) is 5.69 Å². The molecule has 0 spiro atoms. The Morgan fingerprint density at radius 3 is 2.15 bits per heavy atom. The van der Waals surface area contributed by atoms with Crippen LogP contribution in [0.4, 0.5) is 0 Å². The van der Waals surface area contributed by atoms with Crippen molar-refractivity contribution in [2.24, 2.45) is 16.7 Å². The van der Waals surface area contributed by atoms with E-state index < -0.39 is 5.41 Å². The average molecular weight is 796 g/mol. The van der Waals surface area contributed by atoms with Gasteiger partial charge < -0.3 is 5.11 Å². The average Bonchev–Trinajstić information content (AvgIpc) is 2.94. The summed E-state index contributed by atoms with van der Waals surface area (Å²) >= 11 is 0. The standard InChI is InChI=1S/C30H31N2.C11H20O2.Ir/c1-19(2)14-20-10-12-25-22(15-20)11-13-26-28(31-18-32-29(25)26)23-16-21-8-6-7-9-24(21)27(17-23)30(3,4)5;1-10(2,3)8(12)7-9(13)11(4,5)6;/h6-10,12,15,17-19H,11,13-14H2,1-5H3;7,12H,1-6H3;/q-1;;/b;8-7-;. The van der Waals surface area contributed by atoms with Gasteiger partial charge in [0.2, 0.25) is 0 Å². The Morgan fingerprint density at radius 2 is 1.54 bits per heavy atom. The van der Waals surface area contributed by atoms with Gasteiger partial charge >= 0.3 is 0 Å². The summed E-state index contributed by atoms with van der Waals surface area (Å²) in [6, 6.07) is 21.5. The molecule has 1 heterocycles. The molecule has 247 valence electrons. The number of benzene rings is 3. The van der Waals surface area contributed by atoms with Gasteiger partial charge in [-0.25, -0.2) is 4.98 Å². The fourth-order valence-electron chi connectivity index (χ4n) is 5.59. The minimum Gasteiger partial charge on any atom is -0.512 e. The fourth-order valence-corrected chi connectivity index (χ4v) is 5.59. The summed E-state index contributed by atoms with van der Waals surface area (Å²) in [5.41, 5.74) is 9.16. The maximum absolute atomic E-state index is 11.5. The van der Waals surface area contributed by atoms with Crippen molar-refractivity contribution in [3.8, 4) is 22.5 Å². The molecule has 0 saturated carbocycles. The predicted molar refractivity (Wildman–Crippen MR) is 189 cm³/mol. The van der Waals surface area contributed by atoms with E-state index in [4.69, 9.17) is 9.97 Å². The number of hydrogen-bond acceptors (Lipinski definition) is 4. The number of aliphatic hydroxyl groups excluding tert-OH is 1. The first-order chi connectivity index (χ1) is 20.9. The van der Waals surface area contributed by atoms with E-state index in [1.807, 2.05) is 41.5 Å². The number of ketones is 1. The zero-order chi connectivity index (χ0) is 33.3. The molecule has 0 saturated heterocycles. The smallest absolute Gasteiger partial charge is 0.164 e. The minimum absolute atomic E-state index is 0. The summed E-state index contributed by atoms with van der Waals surface area (Å²) in [6.45, 7) is 22.5. The largest absolute Gasteiger partial charge is 0.512 e. The number of aryl methyl sites for hydroxylation is 1. The van der Waals surface area contributed by atoms with E-state index >= 15 is 0 Å². The first kappa shape index (κ1) is 37.3. The molecule has 3 aromatic carbocycles. The zero-order valence-corrected chi connectivity index (χ0v) is 32.0. The van der Waals surface area contributed by atoms with E-state index in [1.165, 1.54) is 39.3 Å². The molecule has 5 heteroatoms. The Hall–Kier alpha value is -3.14. The molecule has 4 aromatic rings. The van der Waals surface area contributed by atoms with Crippen LogP contribution in [0.15, 0.2) is 66.7 Å². The summed E-state index contributed by atoms with van der Waals surface area (Å²) in [7, 11) is 0. The fraction of sp³-hybridized carbons (Fsp3) is 0.439. The van der Waals surface area contributed by atoms with Gasteiger partial charge in [-0.05, 0) is 47.3 Å². The molecule has 46 heavy (non-hydrogen) atoms. The Kier molecular flexibility index (Phi) is 11.6. The first-order valence-corrected chi connectivity index (χ1v) is 16.2. The molecule has 1 aromatic heterocycles. The van der Waals surface area contributed by atoms with E-state index in [0.29, 0.717) is 5.92 Å². The van der Waals surface area contributed by atoms with Crippen molar-refractivity contribution in [3.63, 3.8) is 0 Å². The van der Waals surface area contributed by atoms with Crippen LogP contribution in [-0.4, -0.2) is 20.9 Å². The summed E-state index contributed by atoms with van der Waals surface area (Å²) in [5.74, 6) is 0.769. The molecule has 1 N–H and O–H groups in total. The van der Waals surface area contributed by atoms with E-state index in [-0.39, 0.29) is 42.5 Å². The quantitative estimate of drug-likeness (QED) is 0.127. The van der Waals surface area contributed by atoms with Crippen LogP contribution in [0.5, 0.6) is 0 Å². The summed E-state index contributed by atoms with van der Waals surface area (Å²) in [4.78, 5) is 21.0. The molecule has 0 aliphatic heterocycles. The number of rotatable bonds is 4. The van der Waals surface area contributed by atoms with Crippen molar-refractivity contribution in [1.82, 2.24) is 9.97 Å². The summed E-state index contributed by atoms with van der Waals surface area (Å²) in [6.07, 6.45) is 6.19. The predicted octanol–water partition coefficient (Wildman–Crippen LogP) is 10.4. The van der Waals surface area contributed by atoms with Crippen LogP contribution in [0, 0.1) is 22.8 Å². The number of carbonyl (C=O) groups excluding carboxylic acids is 1. The van der Waals surface area contributed by atoms with E-state index in [1.54, 1.807) is 6.33 Å². The maximum Gasteiger partial charge on any atom is 0.164 e.